The number of nitrogens with one attached hydrogen (secondary N) is 1. The summed E-state index contributed by atoms with van der Waals surface area (Å²) in [6.07, 6.45) is 1.29. The highest BCUT2D eigenvalue weighted by Crippen LogP contribution is 2.17. The molecule has 11 heavy (non-hydrogen) atoms. The van der Waals surface area contributed by atoms with Crippen LogP contribution in [0.15, 0.2) is 0 Å². The zero-order chi connectivity index (χ0) is 8.27. The van der Waals surface area contributed by atoms with Crippen LogP contribution in [0.25, 0.3) is 0 Å². The van der Waals surface area contributed by atoms with Crippen molar-refractivity contribution < 1.29 is 0 Å². The van der Waals surface area contributed by atoms with Crippen LogP contribution in [-0.4, -0.2) is 44.7 Å². The molecule has 3 heteroatoms. The summed E-state index contributed by atoms with van der Waals surface area (Å²) in [4.78, 5) is 2.37. The summed E-state index contributed by atoms with van der Waals surface area (Å²) in [7, 11) is 4.17. The number of nitrogens with zero attached hydrogens (tertiary/aromatic N) is 1. The van der Waals surface area contributed by atoms with Crippen molar-refractivity contribution in [2.75, 3.05) is 33.7 Å². The fourth-order valence-electron chi connectivity index (χ4n) is 1.84. The van der Waals surface area contributed by atoms with Crippen molar-refractivity contribution in [1.82, 2.24) is 10.2 Å². The van der Waals surface area contributed by atoms with Crippen LogP contribution in [0.3, 0.4) is 0 Å². The van der Waals surface area contributed by atoms with Gasteiger partial charge in [0.25, 0.3) is 0 Å². The third-order valence-electron chi connectivity index (χ3n) is 2.62. The van der Waals surface area contributed by atoms with Gasteiger partial charge in [0.1, 0.15) is 0 Å². The molecule has 0 saturated carbocycles. The monoisotopic (exact) mass is 157 g/mol. The Bertz CT molecular complexity index is 112. The van der Waals surface area contributed by atoms with E-state index >= 15 is 0 Å². The number of rotatable bonds is 3. The first-order valence-corrected chi connectivity index (χ1v) is 4.33. The first kappa shape index (κ1) is 8.97. The van der Waals surface area contributed by atoms with E-state index in [9.17, 15) is 0 Å². The van der Waals surface area contributed by atoms with Crippen LogP contribution >= 0.6 is 0 Å². The lowest BCUT2D eigenvalue weighted by Gasteiger charge is -2.20. The molecular formula is C8H19N3. The summed E-state index contributed by atoms with van der Waals surface area (Å²) >= 11 is 0. The van der Waals surface area contributed by atoms with Gasteiger partial charge in [-0.25, -0.2) is 0 Å². The van der Waals surface area contributed by atoms with Crippen LogP contribution in [0.5, 0.6) is 0 Å². The Labute approximate surface area is 68.9 Å². The van der Waals surface area contributed by atoms with E-state index in [2.05, 4.69) is 17.3 Å². The maximum atomic E-state index is 5.63. The standard InChI is InChI=1S/C8H19N3/c1-10-8(5-9)7-3-4-11(2)6-7/h7-8,10H,3-6,9H2,1-2H3. The first-order chi connectivity index (χ1) is 5.27. The van der Waals surface area contributed by atoms with E-state index in [1.807, 2.05) is 7.05 Å². The molecule has 2 atom stereocenters. The molecule has 0 bridgehead atoms. The summed E-state index contributed by atoms with van der Waals surface area (Å²) in [6, 6.07) is 0.514. The molecule has 0 aromatic rings. The van der Waals surface area contributed by atoms with Crippen molar-refractivity contribution in [3.63, 3.8) is 0 Å². The van der Waals surface area contributed by atoms with Crippen molar-refractivity contribution >= 4 is 0 Å². The molecule has 1 aliphatic rings. The molecule has 0 aromatic heterocycles. The number of nitrogens with two attached hydrogens (primary N) is 1. The summed E-state index contributed by atoms with van der Waals surface area (Å²) in [5.74, 6) is 0.759. The predicted molar refractivity (Wildman–Crippen MR) is 47.5 cm³/mol. The molecule has 0 radical (unpaired) electrons. The molecule has 2 unspecified atom stereocenters. The molecule has 1 aliphatic heterocycles. The minimum atomic E-state index is 0.514. The second kappa shape index (κ2) is 4.04. The number of hydrogen-bond acceptors (Lipinski definition) is 3. The minimum Gasteiger partial charge on any atom is -0.329 e. The van der Waals surface area contributed by atoms with E-state index in [1.54, 1.807) is 0 Å². The smallest absolute Gasteiger partial charge is 0.0228 e. The molecule has 1 rings (SSSR count). The van der Waals surface area contributed by atoms with E-state index in [0.29, 0.717) is 6.04 Å². The minimum absolute atomic E-state index is 0.514. The fourth-order valence-corrected chi connectivity index (χ4v) is 1.84. The van der Waals surface area contributed by atoms with Gasteiger partial charge in [0.2, 0.25) is 0 Å². The second-order valence-electron chi connectivity index (χ2n) is 3.44. The molecular weight excluding hydrogens is 138 g/mol. The Kier molecular flexibility index (Phi) is 3.30. The molecule has 1 fully saturated rings. The lowest BCUT2D eigenvalue weighted by atomic mass is 9.99. The summed E-state index contributed by atoms with van der Waals surface area (Å²) in [5.41, 5.74) is 5.63. The molecule has 1 saturated heterocycles. The Balaban J connectivity index is 2.34. The third-order valence-corrected chi connectivity index (χ3v) is 2.62. The molecule has 1 heterocycles. The number of likely N-dealkylation sites (N-methyl/N-ethyl adjacent to an activating group) is 1. The average Bonchev–Trinajstić information content (AvgIpc) is 2.39. The Morgan fingerprint density at radius 3 is 2.82 bits per heavy atom. The maximum Gasteiger partial charge on any atom is 0.0228 e. The molecule has 66 valence electrons. The van der Waals surface area contributed by atoms with E-state index in [0.717, 1.165) is 12.5 Å². The van der Waals surface area contributed by atoms with E-state index in [-0.39, 0.29) is 0 Å². The van der Waals surface area contributed by atoms with Gasteiger partial charge in [-0.05, 0) is 33.0 Å². The number of likely N-dealkylation sites (tertiary alicyclic amines) is 1. The highest BCUT2D eigenvalue weighted by atomic mass is 15.1. The zero-order valence-corrected chi connectivity index (χ0v) is 7.51. The molecule has 3 N–H and O–H groups in total. The predicted octanol–water partition coefficient (Wildman–Crippen LogP) is -0.515. The van der Waals surface area contributed by atoms with Crippen molar-refractivity contribution in [1.29, 1.82) is 0 Å². The summed E-state index contributed by atoms with van der Waals surface area (Å²) in [5, 5.41) is 3.26. The van der Waals surface area contributed by atoms with Gasteiger partial charge < -0.3 is 16.0 Å². The van der Waals surface area contributed by atoms with E-state index < -0.39 is 0 Å². The van der Waals surface area contributed by atoms with Gasteiger partial charge >= 0.3 is 0 Å². The maximum absolute atomic E-state index is 5.63. The second-order valence-corrected chi connectivity index (χ2v) is 3.44. The SMILES string of the molecule is CNC(CN)C1CCN(C)C1. The van der Waals surface area contributed by atoms with Crippen LogP contribution in [-0.2, 0) is 0 Å². The highest BCUT2D eigenvalue weighted by Gasteiger charge is 2.25. The molecule has 0 spiro atoms. The summed E-state index contributed by atoms with van der Waals surface area (Å²) < 4.78 is 0. The molecule has 0 amide bonds. The highest BCUT2D eigenvalue weighted by molar-refractivity contribution is 4.83. The van der Waals surface area contributed by atoms with Crippen LogP contribution in [0.4, 0.5) is 0 Å². The lowest BCUT2D eigenvalue weighted by molar-refractivity contribution is 0.349. The Morgan fingerprint density at radius 2 is 2.45 bits per heavy atom. The van der Waals surface area contributed by atoms with Gasteiger partial charge in [0.05, 0.1) is 0 Å². The van der Waals surface area contributed by atoms with E-state index in [4.69, 9.17) is 5.73 Å². The summed E-state index contributed by atoms with van der Waals surface area (Å²) in [6.45, 7) is 3.18. The Hall–Kier alpha value is -0.120. The first-order valence-electron chi connectivity index (χ1n) is 4.33. The molecule has 3 nitrogen and oxygen atoms in total. The van der Waals surface area contributed by atoms with Gasteiger partial charge in [-0.3, -0.25) is 0 Å². The van der Waals surface area contributed by atoms with Gasteiger partial charge in [-0.15, -0.1) is 0 Å². The molecule has 0 aliphatic carbocycles. The topological polar surface area (TPSA) is 41.3 Å². The Morgan fingerprint density at radius 1 is 1.73 bits per heavy atom. The van der Waals surface area contributed by atoms with Gasteiger partial charge in [-0.2, -0.15) is 0 Å². The lowest BCUT2D eigenvalue weighted by Crippen LogP contribution is -2.41. The third kappa shape index (κ3) is 2.15. The fraction of sp³-hybridized carbons (Fsp3) is 1.00. The van der Waals surface area contributed by atoms with Crippen LogP contribution in [0.2, 0.25) is 0 Å². The van der Waals surface area contributed by atoms with E-state index in [1.165, 1.54) is 19.5 Å². The molecule has 0 aromatic carbocycles. The number of hydrogen-bond donors (Lipinski definition) is 2. The van der Waals surface area contributed by atoms with Crippen molar-refractivity contribution in [3.05, 3.63) is 0 Å². The normalized spacial score (nSPS) is 29.2. The largest absolute Gasteiger partial charge is 0.329 e. The van der Waals surface area contributed by atoms with Crippen LogP contribution in [0.1, 0.15) is 6.42 Å². The van der Waals surface area contributed by atoms with Gasteiger partial charge in [0.15, 0.2) is 0 Å². The quantitative estimate of drug-likeness (QED) is 0.579. The average molecular weight is 157 g/mol. The van der Waals surface area contributed by atoms with Gasteiger partial charge in [-0.1, -0.05) is 0 Å². The van der Waals surface area contributed by atoms with Crippen LogP contribution in [0, 0.1) is 5.92 Å². The van der Waals surface area contributed by atoms with Gasteiger partial charge in [0, 0.05) is 19.1 Å². The van der Waals surface area contributed by atoms with Crippen molar-refractivity contribution in [2.45, 2.75) is 12.5 Å². The van der Waals surface area contributed by atoms with Crippen molar-refractivity contribution in [3.8, 4) is 0 Å². The van der Waals surface area contributed by atoms with Crippen LogP contribution < -0.4 is 11.1 Å². The van der Waals surface area contributed by atoms with Crippen molar-refractivity contribution in [2.24, 2.45) is 11.7 Å². The zero-order valence-electron chi connectivity index (χ0n) is 7.51.